The quantitative estimate of drug-likeness (QED) is 0.551. The highest BCUT2D eigenvalue weighted by Gasteiger charge is 2.31. The van der Waals surface area contributed by atoms with Gasteiger partial charge in [-0.3, -0.25) is 0 Å². The Morgan fingerprint density at radius 1 is 1.35 bits per heavy atom. The van der Waals surface area contributed by atoms with Gasteiger partial charge in [0.25, 0.3) is 0 Å². The predicted molar refractivity (Wildman–Crippen MR) is 71.2 cm³/mol. The number of hydrazine groups is 1. The van der Waals surface area contributed by atoms with E-state index in [1.165, 1.54) is 12.8 Å². The summed E-state index contributed by atoms with van der Waals surface area (Å²) in [7, 11) is 2.01. The van der Waals surface area contributed by atoms with Gasteiger partial charge in [-0.15, -0.1) is 0 Å². The molecule has 0 unspecified atom stereocenters. The lowest BCUT2D eigenvalue weighted by Crippen LogP contribution is -2.27. The molecule has 2 rings (SSSR count). The van der Waals surface area contributed by atoms with Crippen LogP contribution in [0.5, 0.6) is 0 Å². The van der Waals surface area contributed by atoms with Crippen molar-refractivity contribution in [2.75, 3.05) is 30.9 Å². The molecule has 112 valence electrons. The number of aromatic nitrogens is 1. The van der Waals surface area contributed by atoms with Crippen molar-refractivity contribution in [3.63, 3.8) is 0 Å². The topological polar surface area (TPSA) is 66.2 Å². The standard InChI is InChI=1S/C12H18F3N5/c1-20(9-2-3-9)5-4-17-10-6-8(12(13,14)15)7-11(18-10)19-16/h6-7,9H,2-5,16H2,1H3,(H2,17,18,19). The zero-order chi connectivity index (χ0) is 14.8. The summed E-state index contributed by atoms with van der Waals surface area (Å²) in [5.41, 5.74) is 1.37. The normalized spacial score (nSPS) is 15.5. The molecular formula is C12H18F3N5. The Labute approximate surface area is 115 Å². The third kappa shape index (κ3) is 3.97. The second-order valence-corrected chi connectivity index (χ2v) is 4.91. The van der Waals surface area contributed by atoms with Gasteiger partial charge in [-0.2, -0.15) is 13.2 Å². The van der Waals surface area contributed by atoms with E-state index in [0.29, 0.717) is 12.6 Å². The Hall–Kier alpha value is -1.54. The van der Waals surface area contributed by atoms with Crippen LogP contribution >= 0.6 is 0 Å². The molecule has 0 spiro atoms. The van der Waals surface area contributed by atoms with Crippen LogP contribution in [0.15, 0.2) is 12.1 Å². The van der Waals surface area contributed by atoms with Crippen molar-refractivity contribution in [1.82, 2.24) is 9.88 Å². The fraction of sp³-hybridized carbons (Fsp3) is 0.583. The van der Waals surface area contributed by atoms with E-state index in [4.69, 9.17) is 5.84 Å². The van der Waals surface area contributed by atoms with Gasteiger partial charge in [-0.25, -0.2) is 10.8 Å². The van der Waals surface area contributed by atoms with Gasteiger partial charge < -0.3 is 15.6 Å². The van der Waals surface area contributed by atoms with Crippen LogP contribution in [0.4, 0.5) is 24.8 Å². The Morgan fingerprint density at radius 3 is 2.55 bits per heavy atom. The fourth-order valence-corrected chi connectivity index (χ4v) is 1.92. The number of anilines is 2. The number of rotatable bonds is 6. The number of likely N-dealkylation sites (N-methyl/N-ethyl adjacent to an activating group) is 1. The minimum atomic E-state index is -4.42. The molecule has 0 aliphatic heterocycles. The van der Waals surface area contributed by atoms with Crippen LogP contribution in [0.3, 0.4) is 0 Å². The molecule has 4 N–H and O–H groups in total. The zero-order valence-electron chi connectivity index (χ0n) is 11.2. The summed E-state index contributed by atoms with van der Waals surface area (Å²) < 4.78 is 38.1. The Balaban J connectivity index is 1.98. The first-order valence-electron chi connectivity index (χ1n) is 6.40. The smallest absolute Gasteiger partial charge is 0.369 e. The highest BCUT2D eigenvalue weighted by atomic mass is 19.4. The van der Waals surface area contributed by atoms with Crippen molar-refractivity contribution in [2.24, 2.45) is 5.84 Å². The molecule has 1 saturated carbocycles. The second-order valence-electron chi connectivity index (χ2n) is 4.91. The lowest BCUT2D eigenvalue weighted by Gasteiger charge is -2.17. The van der Waals surface area contributed by atoms with E-state index >= 15 is 0 Å². The highest BCUT2D eigenvalue weighted by Crippen LogP contribution is 2.31. The number of hydrogen-bond donors (Lipinski definition) is 3. The van der Waals surface area contributed by atoms with Gasteiger partial charge in [-0.05, 0) is 32.0 Å². The zero-order valence-corrected chi connectivity index (χ0v) is 11.2. The summed E-state index contributed by atoms with van der Waals surface area (Å²) in [5, 5.41) is 2.90. The molecule has 8 heteroatoms. The van der Waals surface area contributed by atoms with Crippen molar-refractivity contribution in [1.29, 1.82) is 0 Å². The van der Waals surface area contributed by atoms with Crippen molar-refractivity contribution in [3.8, 4) is 0 Å². The van der Waals surface area contributed by atoms with Crippen LogP contribution < -0.4 is 16.6 Å². The van der Waals surface area contributed by atoms with E-state index in [0.717, 1.165) is 18.7 Å². The van der Waals surface area contributed by atoms with E-state index in [1.807, 2.05) is 7.05 Å². The number of alkyl halides is 3. The number of hydrogen-bond acceptors (Lipinski definition) is 5. The average molecular weight is 289 g/mol. The molecule has 1 aliphatic rings. The van der Waals surface area contributed by atoms with Gasteiger partial charge in [0.2, 0.25) is 0 Å². The van der Waals surface area contributed by atoms with Crippen LogP contribution in [0.2, 0.25) is 0 Å². The third-order valence-electron chi connectivity index (χ3n) is 3.24. The molecule has 0 amide bonds. The lowest BCUT2D eigenvalue weighted by molar-refractivity contribution is -0.137. The summed E-state index contributed by atoms with van der Waals surface area (Å²) in [6.07, 6.45) is -2.03. The van der Waals surface area contributed by atoms with Gasteiger partial charge in [0.15, 0.2) is 0 Å². The first-order valence-corrected chi connectivity index (χ1v) is 6.40. The van der Waals surface area contributed by atoms with Crippen molar-refractivity contribution in [3.05, 3.63) is 17.7 Å². The van der Waals surface area contributed by atoms with Crippen LogP contribution in [0, 0.1) is 0 Å². The summed E-state index contributed by atoms with van der Waals surface area (Å²) in [6, 6.07) is 2.48. The third-order valence-corrected chi connectivity index (χ3v) is 3.24. The summed E-state index contributed by atoms with van der Waals surface area (Å²) >= 11 is 0. The van der Waals surface area contributed by atoms with Crippen LogP contribution in [-0.2, 0) is 6.18 Å². The molecule has 0 aromatic carbocycles. The van der Waals surface area contributed by atoms with E-state index < -0.39 is 11.7 Å². The summed E-state index contributed by atoms with van der Waals surface area (Å²) in [6.45, 7) is 1.29. The fourth-order valence-electron chi connectivity index (χ4n) is 1.92. The summed E-state index contributed by atoms with van der Waals surface area (Å²) in [4.78, 5) is 6.14. The lowest BCUT2D eigenvalue weighted by atomic mass is 10.2. The van der Waals surface area contributed by atoms with E-state index in [1.54, 1.807) is 0 Å². The van der Waals surface area contributed by atoms with Crippen LogP contribution in [0.1, 0.15) is 18.4 Å². The molecule has 0 saturated heterocycles. The maximum Gasteiger partial charge on any atom is 0.416 e. The number of halogens is 3. The monoisotopic (exact) mass is 289 g/mol. The maximum absolute atomic E-state index is 12.7. The minimum Gasteiger partial charge on any atom is -0.369 e. The number of nitrogens with zero attached hydrogens (tertiary/aromatic N) is 2. The van der Waals surface area contributed by atoms with E-state index in [2.05, 4.69) is 20.6 Å². The van der Waals surface area contributed by atoms with E-state index in [9.17, 15) is 13.2 Å². The van der Waals surface area contributed by atoms with Crippen LogP contribution in [0.25, 0.3) is 0 Å². The molecule has 0 atom stereocenters. The Bertz CT molecular complexity index is 459. The Kier molecular flexibility index (Phi) is 4.34. The van der Waals surface area contributed by atoms with Crippen molar-refractivity contribution >= 4 is 11.6 Å². The minimum absolute atomic E-state index is 0.0159. The average Bonchev–Trinajstić information content (AvgIpc) is 3.21. The molecule has 1 fully saturated rings. The molecule has 0 bridgehead atoms. The number of pyridine rings is 1. The molecule has 5 nitrogen and oxygen atoms in total. The predicted octanol–water partition coefficient (Wildman–Crippen LogP) is 1.89. The molecular weight excluding hydrogens is 271 g/mol. The SMILES string of the molecule is CN(CCNc1cc(C(F)(F)F)cc(NN)n1)C1CC1. The van der Waals surface area contributed by atoms with Gasteiger partial charge in [0.1, 0.15) is 11.6 Å². The highest BCUT2D eigenvalue weighted by molar-refractivity contribution is 5.49. The first kappa shape index (κ1) is 14.9. The molecule has 0 radical (unpaired) electrons. The molecule has 1 heterocycles. The number of nitrogens with one attached hydrogen (secondary N) is 2. The molecule has 1 aromatic rings. The Morgan fingerprint density at radius 2 is 2.00 bits per heavy atom. The van der Waals surface area contributed by atoms with Gasteiger partial charge in [0, 0.05) is 19.1 Å². The van der Waals surface area contributed by atoms with Gasteiger partial charge >= 0.3 is 6.18 Å². The molecule has 1 aliphatic carbocycles. The van der Waals surface area contributed by atoms with Crippen LogP contribution in [-0.4, -0.2) is 36.1 Å². The first-order chi connectivity index (χ1) is 9.40. The second kappa shape index (κ2) is 5.84. The summed E-state index contributed by atoms with van der Waals surface area (Å²) in [5.74, 6) is 5.29. The van der Waals surface area contributed by atoms with Gasteiger partial charge in [0.05, 0.1) is 5.56 Å². The molecule has 20 heavy (non-hydrogen) atoms. The van der Waals surface area contributed by atoms with Crippen molar-refractivity contribution < 1.29 is 13.2 Å². The molecule has 1 aromatic heterocycles. The largest absolute Gasteiger partial charge is 0.416 e. The van der Waals surface area contributed by atoms with Crippen molar-refractivity contribution in [2.45, 2.75) is 25.1 Å². The van der Waals surface area contributed by atoms with Gasteiger partial charge in [-0.1, -0.05) is 0 Å². The number of nitrogen functional groups attached to an aromatic ring is 1. The number of nitrogens with two attached hydrogens (primary N) is 1. The van der Waals surface area contributed by atoms with E-state index in [-0.39, 0.29) is 11.6 Å². The maximum atomic E-state index is 12.7.